The van der Waals surface area contributed by atoms with Gasteiger partial charge in [0.25, 0.3) is 0 Å². The van der Waals surface area contributed by atoms with Crippen LogP contribution in [0.3, 0.4) is 0 Å². The highest BCUT2D eigenvalue weighted by atomic mass is 16.1. The highest BCUT2D eigenvalue weighted by Crippen LogP contribution is 2.33. The molecule has 3 nitrogen and oxygen atoms in total. The number of pyridine rings is 1. The van der Waals surface area contributed by atoms with Crippen molar-refractivity contribution >= 4 is 6.29 Å². The van der Waals surface area contributed by atoms with Crippen LogP contribution in [0.25, 0.3) is 0 Å². The molecule has 0 amide bonds. The fourth-order valence-corrected chi connectivity index (χ4v) is 3.21. The Morgan fingerprint density at radius 2 is 2.00 bits per heavy atom. The second-order valence-electron chi connectivity index (χ2n) is 6.20. The van der Waals surface area contributed by atoms with Gasteiger partial charge in [-0.3, -0.25) is 4.98 Å². The van der Waals surface area contributed by atoms with Crippen LogP contribution in [-0.4, -0.2) is 36.3 Å². The summed E-state index contributed by atoms with van der Waals surface area (Å²) < 4.78 is 0. The zero-order valence-electron chi connectivity index (χ0n) is 12.6. The Bertz CT molecular complexity index is 397. The normalized spacial score (nSPS) is 18.7. The van der Waals surface area contributed by atoms with Gasteiger partial charge in [0.15, 0.2) is 0 Å². The van der Waals surface area contributed by atoms with E-state index in [4.69, 9.17) is 0 Å². The van der Waals surface area contributed by atoms with Crippen molar-refractivity contribution < 1.29 is 4.79 Å². The van der Waals surface area contributed by atoms with Gasteiger partial charge in [-0.1, -0.05) is 31.7 Å². The Hall–Kier alpha value is -1.22. The van der Waals surface area contributed by atoms with E-state index in [1.165, 1.54) is 32.0 Å². The molecule has 1 aromatic heterocycles. The number of nitrogens with zero attached hydrogens (tertiary/aromatic N) is 2. The van der Waals surface area contributed by atoms with Gasteiger partial charge in [-0.05, 0) is 32.0 Å². The first-order chi connectivity index (χ1) is 9.74. The predicted molar refractivity (Wildman–Crippen MR) is 81.6 cm³/mol. The van der Waals surface area contributed by atoms with Crippen LogP contribution in [0.1, 0.15) is 44.2 Å². The summed E-state index contributed by atoms with van der Waals surface area (Å²) in [6.07, 6.45) is 11.1. The number of carbonyl (C=O) groups is 1. The lowest BCUT2D eigenvalue weighted by atomic mass is 9.81. The van der Waals surface area contributed by atoms with Gasteiger partial charge in [-0.15, -0.1) is 0 Å². The Labute approximate surface area is 122 Å². The van der Waals surface area contributed by atoms with Crippen molar-refractivity contribution in [2.75, 3.05) is 20.1 Å². The van der Waals surface area contributed by atoms with Crippen LogP contribution in [0.4, 0.5) is 0 Å². The Balaban J connectivity index is 1.85. The van der Waals surface area contributed by atoms with E-state index in [1.54, 1.807) is 0 Å². The lowest BCUT2D eigenvalue weighted by molar-refractivity contribution is -0.117. The van der Waals surface area contributed by atoms with Gasteiger partial charge in [-0.2, -0.15) is 0 Å². The number of rotatable bonds is 6. The molecule has 0 N–H and O–H groups in total. The molecule has 0 aromatic carbocycles. The molecule has 0 radical (unpaired) electrons. The van der Waals surface area contributed by atoms with Crippen LogP contribution in [-0.2, 0) is 11.2 Å². The quantitative estimate of drug-likeness (QED) is 0.590. The molecule has 0 saturated heterocycles. The van der Waals surface area contributed by atoms with E-state index >= 15 is 0 Å². The minimum absolute atomic E-state index is 0.102. The number of hydrogen-bond acceptors (Lipinski definition) is 3. The van der Waals surface area contributed by atoms with Gasteiger partial charge in [0, 0.05) is 36.8 Å². The van der Waals surface area contributed by atoms with Crippen LogP contribution >= 0.6 is 0 Å². The third-order valence-corrected chi connectivity index (χ3v) is 4.41. The summed E-state index contributed by atoms with van der Waals surface area (Å²) in [4.78, 5) is 18.3. The number of aldehydes is 1. The van der Waals surface area contributed by atoms with Gasteiger partial charge in [0.1, 0.15) is 6.29 Å². The summed E-state index contributed by atoms with van der Waals surface area (Å²) in [5.41, 5.74) is 1.02. The Morgan fingerprint density at radius 3 is 2.60 bits per heavy atom. The molecule has 3 heteroatoms. The van der Waals surface area contributed by atoms with Crippen molar-refractivity contribution in [1.82, 2.24) is 9.88 Å². The largest absolute Gasteiger partial charge is 0.305 e. The average molecular weight is 274 g/mol. The van der Waals surface area contributed by atoms with Crippen molar-refractivity contribution in [3.8, 4) is 0 Å². The van der Waals surface area contributed by atoms with Crippen molar-refractivity contribution in [2.45, 2.75) is 44.9 Å². The third kappa shape index (κ3) is 4.41. The summed E-state index contributed by atoms with van der Waals surface area (Å²) in [6, 6.07) is 6.04. The molecule has 20 heavy (non-hydrogen) atoms. The van der Waals surface area contributed by atoms with Crippen LogP contribution in [0.15, 0.2) is 24.4 Å². The molecule has 1 aliphatic rings. The lowest BCUT2D eigenvalue weighted by Gasteiger charge is -2.31. The summed E-state index contributed by atoms with van der Waals surface area (Å²) >= 11 is 0. The lowest BCUT2D eigenvalue weighted by Crippen LogP contribution is -2.37. The molecular formula is C17H26N2O. The van der Waals surface area contributed by atoms with Crippen molar-refractivity contribution in [1.29, 1.82) is 0 Å². The number of carbonyl (C=O) groups excluding carboxylic acids is 1. The molecule has 0 spiro atoms. The monoisotopic (exact) mass is 274 g/mol. The second kappa shape index (κ2) is 7.53. The summed E-state index contributed by atoms with van der Waals surface area (Å²) in [5.74, 6) is 0. The maximum absolute atomic E-state index is 11.6. The zero-order chi connectivity index (χ0) is 14.3. The maximum atomic E-state index is 11.6. The van der Waals surface area contributed by atoms with Gasteiger partial charge >= 0.3 is 0 Å². The topological polar surface area (TPSA) is 33.2 Å². The molecular weight excluding hydrogens is 248 g/mol. The number of aromatic nitrogens is 1. The maximum Gasteiger partial charge on any atom is 0.127 e. The van der Waals surface area contributed by atoms with E-state index in [0.717, 1.165) is 38.0 Å². The smallest absolute Gasteiger partial charge is 0.127 e. The van der Waals surface area contributed by atoms with E-state index in [9.17, 15) is 4.79 Å². The van der Waals surface area contributed by atoms with Gasteiger partial charge in [0.05, 0.1) is 0 Å². The second-order valence-corrected chi connectivity index (χ2v) is 6.20. The predicted octanol–water partition coefficient (Wildman–Crippen LogP) is 3.10. The fourth-order valence-electron chi connectivity index (χ4n) is 3.21. The molecule has 110 valence electrons. The van der Waals surface area contributed by atoms with Crippen molar-refractivity contribution in [3.05, 3.63) is 30.1 Å². The van der Waals surface area contributed by atoms with Crippen molar-refractivity contribution in [3.63, 3.8) is 0 Å². The molecule has 1 heterocycles. The van der Waals surface area contributed by atoms with E-state index in [1.807, 2.05) is 18.3 Å². The van der Waals surface area contributed by atoms with E-state index in [-0.39, 0.29) is 5.41 Å². The summed E-state index contributed by atoms with van der Waals surface area (Å²) in [6.45, 7) is 1.86. The zero-order valence-corrected chi connectivity index (χ0v) is 12.6. The van der Waals surface area contributed by atoms with Crippen LogP contribution in [0.5, 0.6) is 0 Å². The van der Waals surface area contributed by atoms with Crippen LogP contribution in [0, 0.1) is 5.41 Å². The van der Waals surface area contributed by atoms with E-state index in [0.29, 0.717) is 0 Å². The Morgan fingerprint density at radius 1 is 1.25 bits per heavy atom. The molecule has 0 atom stereocenters. The SMILES string of the molecule is CN(CCc1ccccn1)CC1(C=O)CCCCCC1. The first kappa shape index (κ1) is 15.2. The number of hydrogen-bond donors (Lipinski definition) is 0. The minimum atomic E-state index is -0.102. The first-order valence-electron chi connectivity index (χ1n) is 7.79. The summed E-state index contributed by atoms with van der Waals surface area (Å²) in [5, 5.41) is 0. The van der Waals surface area contributed by atoms with E-state index in [2.05, 4.69) is 23.0 Å². The third-order valence-electron chi connectivity index (χ3n) is 4.41. The molecule has 0 bridgehead atoms. The fraction of sp³-hybridized carbons (Fsp3) is 0.647. The molecule has 1 aliphatic carbocycles. The highest BCUT2D eigenvalue weighted by molar-refractivity contribution is 5.59. The van der Waals surface area contributed by atoms with Crippen LogP contribution in [0.2, 0.25) is 0 Å². The standard InChI is InChI=1S/C17H26N2O/c1-19(13-9-16-8-4-7-12-18-16)14-17(15-20)10-5-2-3-6-11-17/h4,7-8,12,15H,2-3,5-6,9-11,13-14H2,1H3. The minimum Gasteiger partial charge on any atom is -0.305 e. The molecule has 2 rings (SSSR count). The highest BCUT2D eigenvalue weighted by Gasteiger charge is 2.31. The first-order valence-corrected chi connectivity index (χ1v) is 7.79. The molecule has 1 aromatic rings. The Kier molecular flexibility index (Phi) is 5.72. The summed E-state index contributed by atoms with van der Waals surface area (Å²) in [7, 11) is 2.12. The van der Waals surface area contributed by atoms with E-state index < -0.39 is 0 Å². The molecule has 0 aliphatic heterocycles. The van der Waals surface area contributed by atoms with Crippen LogP contribution < -0.4 is 0 Å². The van der Waals surface area contributed by atoms with Gasteiger partial charge in [-0.25, -0.2) is 0 Å². The average Bonchev–Trinajstić information content (AvgIpc) is 2.72. The molecule has 0 unspecified atom stereocenters. The molecule has 1 saturated carbocycles. The van der Waals surface area contributed by atoms with Crippen molar-refractivity contribution in [2.24, 2.45) is 5.41 Å². The van der Waals surface area contributed by atoms with Gasteiger partial charge < -0.3 is 9.69 Å². The van der Waals surface area contributed by atoms with Gasteiger partial charge in [0.2, 0.25) is 0 Å². The number of likely N-dealkylation sites (N-methyl/N-ethyl adjacent to an activating group) is 1. The molecule has 1 fully saturated rings.